The highest BCUT2D eigenvalue weighted by Crippen LogP contribution is 2.30. The van der Waals surface area contributed by atoms with Crippen molar-refractivity contribution >= 4 is 39.8 Å². The topological polar surface area (TPSA) is 100 Å². The van der Waals surface area contributed by atoms with Gasteiger partial charge < -0.3 is 9.47 Å². The molecule has 174 valence electrons. The number of aliphatic imine (C=N–C) groups is 1. The smallest absolute Gasteiger partial charge is 0.283 e. The quantitative estimate of drug-likeness (QED) is 0.392. The lowest BCUT2D eigenvalue weighted by atomic mass is 10.1. The zero-order valence-corrected chi connectivity index (χ0v) is 19.7. The van der Waals surface area contributed by atoms with E-state index in [1.54, 1.807) is 18.5 Å². The summed E-state index contributed by atoms with van der Waals surface area (Å²) in [6.45, 7) is 2.83. The van der Waals surface area contributed by atoms with Crippen LogP contribution in [0.25, 0.3) is 6.08 Å². The number of hydrogen-bond donors (Lipinski definition) is 1. The minimum Gasteiger partial charge on any atom is -0.490 e. The number of carbonyl (C=O) groups excluding carboxylic acids is 1. The molecule has 0 radical (unpaired) electrons. The van der Waals surface area contributed by atoms with Crippen LogP contribution in [0.15, 0.2) is 88.7 Å². The third-order valence-corrected chi connectivity index (χ3v) is 6.21. The molecular weight excluding hydrogens is 462 g/mol. The van der Waals surface area contributed by atoms with Crippen molar-refractivity contribution < 1.29 is 14.3 Å². The van der Waals surface area contributed by atoms with Crippen molar-refractivity contribution in [3.63, 3.8) is 0 Å². The highest BCUT2D eigenvalue weighted by atomic mass is 32.2. The van der Waals surface area contributed by atoms with E-state index >= 15 is 0 Å². The van der Waals surface area contributed by atoms with Crippen molar-refractivity contribution in [2.45, 2.75) is 6.92 Å². The van der Waals surface area contributed by atoms with Crippen LogP contribution in [0.1, 0.15) is 16.7 Å². The van der Waals surface area contributed by atoms with E-state index < -0.39 is 5.91 Å². The van der Waals surface area contributed by atoms with E-state index in [2.05, 4.69) is 15.1 Å². The number of aromatic nitrogens is 1. The molecule has 3 aromatic rings. The number of pyridine rings is 1. The van der Waals surface area contributed by atoms with Gasteiger partial charge in [-0.2, -0.15) is 15.1 Å². The maximum absolute atomic E-state index is 12.6. The van der Waals surface area contributed by atoms with Crippen LogP contribution >= 0.6 is 11.8 Å². The van der Waals surface area contributed by atoms with Gasteiger partial charge in [0, 0.05) is 18.0 Å². The van der Waals surface area contributed by atoms with Gasteiger partial charge in [0.15, 0.2) is 5.84 Å². The second kappa shape index (κ2) is 9.94. The Labute approximate surface area is 206 Å². The second-order valence-electron chi connectivity index (χ2n) is 7.70. The highest BCUT2D eigenvalue weighted by molar-refractivity contribution is 8.27. The fraction of sp³-hybridized carbons (Fsp3) is 0.115. The number of amidine groups is 2. The predicted octanol–water partition coefficient (Wildman–Crippen LogP) is 4.52. The number of aryl methyl sites for hydroxylation is 1. The van der Waals surface area contributed by atoms with Crippen LogP contribution in [0.3, 0.4) is 0 Å². The average Bonchev–Trinajstić information content (AvgIpc) is 3.31. The summed E-state index contributed by atoms with van der Waals surface area (Å²) >= 11 is 1.24. The molecule has 9 heteroatoms. The van der Waals surface area contributed by atoms with Crippen LogP contribution in [0.2, 0.25) is 0 Å². The molecule has 0 saturated heterocycles. The van der Waals surface area contributed by atoms with E-state index in [0.29, 0.717) is 29.2 Å². The van der Waals surface area contributed by atoms with Gasteiger partial charge >= 0.3 is 0 Å². The maximum Gasteiger partial charge on any atom is 0.283 e. The van der Waals surface area contributed by atoms with Gasteiger partial charge in [-0.25, -0.2) is 0 Å². The summed E-state index contributed by atoms with van der Waals surface area (Å²) in [5.41, 5.74) is 2.81. The zero-order chi connectivity index (χ0) is 24.2. The number of thioether (sulfide) groups is 1. The van der Waals surface area contributed by atoms with Crippen LogP contribution in [-0.2, 0) is 4.79 Å². The number of hydrogen-bond acceptors (Lipinski definition) is 7. The standard InChI is InChI=1S/C26H21N5O3S/c1-17-5-2-3-7-22(17)34-14-13-33-20-10-8-18(9-11-20)15-21-23(27)31-26(29-24(21)32)35-25(30-31)19-6-4-12-28-16-19/h2-12,15-16,27H,13-14H2,1H3. The fourth-order valence-corrected chi connectivity index (χ4v) is 4.34. The molecule has 0 spiro atoms. The Morgan fingerprint density at radius 2 is 1.83 bits per heavy atom. The summed E-state index contributed by atoms with van der Waals surface area (Å²) in [5.74, 6) is 1.05. The molecule has 0 fully saturated rings. The molecule has 0 bridgehead atoms. The van der Waals surface area contributed by atoms with E-state index in [0.717, 1.165) is 22.4 Å². The number of benzene rings is 2. The number of ether oxygens (including phenoxy) is 2. The zero-order valence-electron chi connectivity index (χ0n) is 18.8. The van der Waals surface area contributed by atoms with Crippen LogP contribution in [-0.4, -0.2) is 45.2 Å². The van der Waals surface area contributed by atoms with E-state index in [1.165, 1.54) is 16.8 Å². The second-order valence-corrected chi connectivity index (χ2v) is 8.65. The minimum absolute atomic E-state index is 0.0138. The SMILES string of the molecule is Cc1ccccc1OCCOc1ccc(C=C2C(=N)N3N=C(c4cccnc4)SC3=NC2=O)cc1. The van der Waals surface area contributed by atoms with Gasteiger partial charge in [0.1, 0.15) is 29.8 Å². The first kappa shape index (κ1) is 22.5. The number of nitrogens with zero attached hydrogens (tertiary/aromatic N) is 4. The Morgan fingerprint density at radius 3 is 2.60 bits per heavy atom. The molecule has 35 heavy (non-hydrogen) atoms. The first-order valence-electron chi connectivity index (χ1n) is 10.9. The summed E-state index contributed by atoms with van der Waals surface area (Å²) in [4.78, 5) is 20.9. The number of amides is 1. The summed E-state index contributed by atoms with van der Waals surface area (Å²) in [7, 11) is 0. The Bertz CT molecular complexity index is 1370. The van der Waals surface area contributed by atoms with Crippen molar-refractivity contribution in [3.8, 4) is 11.5 Å². The first-order valence-corrected chi connectivity index (χ1v) is 11.7. The Kier molecular flexibility index (Phi) is 6.40. The maximum atomic E-state index is 12.6. The summed E-state index contributed by atoms with van der Waals surface area (Å²) < 4.78 is 11.5. The predicted molar refractivity (Wildman–Crippen MR) is 137 cm³/mol. The molecule has 1 amide bonds. The number of para-hydroxylation sites is 1. The van der Waals surface area contributed by atoms with Crippen LogP contribution in [0, 0.1) is 12.3 Å². The van der Waals surface area contributed by atoms with Crippen molar-refractivity contribution in [2.24, 2.45) is 10.1 Å². The lowest BCUT2D eigenvalue weighted by Gasteiger charge is -2.20. The van der Waals surface area contributed by atoms with Gasteiger partial charge in [-0.05, 0) is 66.2 Å². The Balaban J connectivity index is 1.23. The van der Waals surface area contributed by atoms with Crippen LogP contribution in [0.5, 0.6) is 11.5 Å². The van der Waals surface area contributed by atoms with Gasteiger partial charge in [-0.3, -0.25) is 15.2 Å². The molecular formula is C26H21N5O3S. The van der Waals surface area contributed by atoms with Gasteiger partial charge in [0.25, 0.3) is 5.91 Å². The molecule has 2 aromatic carbocycles. The highest BCUT2D eigenvalue weighted by Gasteiger charge is 2.36. The van der Waals surface area contributed by atoms with E-state index in [4.69, 9.17) is 14.9 Å². The number of hydrazone groups is 1. The number of rotatable bonds is 7. The van der Waals surface area contributed by atoms with Crippen molar-refractivity contribution in [3.05, 3.63) is 95.3 Å². The monoisotopic (exact) mass is 483 g/mol. The summed E-state index contributed by atoms with van der Waals surface area (Å²) in [6.07, 6.45) is 5.00. The van der Waals surface area contributed by atoms with Gasteiger partial charge in [0.05, 0.1) is 5.57 Å². The van der Waals surface area contributed by atoms with Crippen molar-refractivity contribution in [2.75, 3.05) is 13.2 Å². The molecule has 2 aliphatic rings. The van der Waals surface area contributed by atoms with E-state index in [9.17, 15) is 4.79 Å². The lowest BCUT2D eigenvalue weighted by Crippen LogP contribution is -2.35. The van der Waals surface area contributed by atoms with Crippen molar-refractivity contribution in [1.82, 2.24) is 9.99 Å². The largest absolute Gasteiger partial charge is 0.490 e. The van der Waals surface area contributed by atoms with Gasteiger partial charge in [-0.15, -0.1) is 0 Å². The minimum atomic E-state index is -0.468. The fourth-order valence-electron chi connectivity index (χ4n) is 3.45. The first-order chi connectivity index (χ1) is 17.1. The molecule has 3 heterocycles. The molecule has 1 N–H and O–H groups in total. The Hall–Kier alpha value is -4.24. The molecule has 5 rings (SSSR count). The summed E-state index contributed by atoms with van der Waals surface area (Å²) in [5, 5.41) is 15.4. The molecule has 1 aromatic heterocycles. The molecule has 0 saturated carbocycles. The average molecular weight is 484 g/mol. The number of nitrogens with one attached hydrogen (secondary N) is 1. The van der Waals surface area contributed by atoms with Gasteiger partial charge in [-0.1, -0.05) is 30.3 Å². The Morgan fingerprint density at radius 1 is 1.03 bits per heavy atom. The van der Waals surface area contributed by atoms with Crippen LogP contribution in [0.4, 0.5) is 0 Å². The van der Waals surface area contributed by atoms with Crippen molar-refractivity contribution in [1.29, 1.82) is 5.41 Å². The molecule has 2 aliphatic heterocycles. The third-order valence-electron chi connectivity index (χ3n) is 5.26. The third kappa shape index (κ3) is 4.99. The number of fused-ring (bicyclic) bond motifs is 1. The normalized spacial score (nSPS) is 16.1. The van der Waals surface area contributed by atoms with E-state index in [1.807, 2.05) is 67.6 Å². The lowest BCUT2D eigenvalue weighted by molar-refractivity contribution is -0.114. The van der Waals surface area contributed by atoms with Crippen LogP contribution < -0.4 is 9.47 Å². The summed E-state index contributed by atoms with van der Waals surface area (Å²) in [6, 6.07) is 18.8. The molecule has 0 aliphatic carbocycles. The molecule has 8 nitrogen and oxygen atoms in total. The van der Waals surface area contributed by atoms with E-state index in [-0.39, 0.29) is 11.4 Å². The molecule has 0 atom stereocenters. The van der Waals surface area contributed by atoms with Gasteiger partial charge in [0.2, 0.25) is 5.17 Å². The molecule has 0 unspecified atom stereocenters. The number of carbonyl (C=O) groups is 1.